The molecule has 1 aliphatic heterocycles. The number of nitrogens with zero attached hydrogens (tertiary/aromatic N) is 1. The Labute approximate surface area is 121 Å². The Balaban J connectivity index is 1.56. The zero-order valence-electron chi connectivity index (χ0n) is 12.3. The molecule has 0 amide bonds. The van der Waals surface area contributed by atoms with E-state index in [0.717, 1.165) is 24.2 Å². The van der Waals surface area contributed by atoms with Gasteiger partial charge in [0.1, 0.15) is 5.82 Å². The van der Waals surface area contributed by atoms with Crippen molar-refractivity contribution in [3.05, 3.63) is 30.1 Å². The quantitative estimate of drug-likeness (QED) is 0.908. The molecule has 3 unspecified atom stereocenters. The van der Waals surface area contributed by atoms with Crippen LogP contribution in [0.25, 0.3) is 0 Å². The van der Waals surface area contributed by atoms with Crippen molar-refractivity contribution in [1.29, 1.82) is 0 Å². The first kappa shape index (κ1) is 13.9. The van der Waals surface area contributed by atoms with Crippen LogP contribution >= 0.6 is 0 Å². The molecule has 1 aromatic rings. The van der Waals surface area contributed by atoms with Gasteiger partial charge < -0.3 is 10.2 Å². The Morgan fingerprint density at radius 3 is 2.65 bits per heavy atom. The maximum absolute atomic E-state index is 13.0. The van der Waals surface area contributed by atoms with Crippen molar-refractivity contribution >= 4 is 5.69 Å². The van der Waals surface area contributed by atoms with Crippen LogP contribution in [0.4, 0.5) is 10.1 Å². The maximum Gasteiger partial charge on any atom is 0.123 e. The Morgan fingerprint density at radius 2 is 1.85 bits per heavy atom. The predicted molar refractivity (Wildman–Crippen MR) is 81.6 cm³/mol. The molecule has 1 N–H and O–H groups in total. The van der Waals surface area contributed by atoms with E-state index in [9.17, 15) is 4.39 Å². The van der Waals surface area contributed by atoms with Gasteiger partial charge in [0.05, 0.1) is 0 Å². The van der Waals surface area contributed by atoms with Crippen molar-refractivity contribution in [2.45, 2.75) is 50.6 Å². The van der Waals surface area contributed by atoms with Crippen LogP contribution in [-0.4, -0.2) is 25.7 Å². The first-order chi connectivity index (χ1) is 9.72. The normalized spacial score (nSPS) is 29.8. The molecule has 0 bridgehead atoms. The van der Waals surface area contributed by atoms with E-state index in [1.807, 2.05) is 12.1 Å². The number of hydrogen-bond acceptors (Lipinski definition) is 2. The summed E-state index contributed by atoms with van der Waals surface area (Å²) in [7, 11) is 2.10. The van der Waals surface area contributed by atoms with Gasteiger partial charge in [-0.25, -0.2) is 4.39 Å². The summed E-state index contributed by atoms with van der Waals surface area (Å²) in [4.78, 5) is 2.24. The van der Waals surface area contributed by atoms with Gasteiger partial charge in [-0.2, -0.15) is 0 Å². The number of piperidine rings is 1. The molecule has 2 fully saturated rings. The molecule has 3 rings (SSSR count). The molecule has 1 aliphatic carbocycles. The van der Waals surface area contributed by atoms with Crippen LogP contribution in [0.5, 0.6) is 0 Å². The summed E-state index contributed by atoms with van der Waals surface area (Å²) in [6, 6.07) is 8.12. The third-order valence-corrected chi connectivity index (χ3v) is 5.01. The standard InChI is InChI=1S/C17H25FN2/c1-20(16-10-7-14(18)8-11-16)12-15-9-6-13-4-2-3-5-17(13)19-15/h7-8,10-11,13,15,17,19H,2-6,9,12H2,1H3. The zero-order valence-corrected chi connectivity index (χ0v) is 12.3. The monoisotopic (exact) mass is 276 g/mol. The number of rotatable bonds is 3. The average Bonchev–Trinajstić information content (AvgIpc) is 2.48. The molecule has 110 valence electrons. The highest BCUT2D eigenvalue weighted by Gasteiger charge is 2.31. The van der Waals surface area contributed by atoms with Crippen molar-refractivity contribution in [2.24, 2.45) is 5.92 Å². The number of fused-ring (bicyclic) bond motifs is 1. The second kappa shape index (κ2) is 6.13. The maximum atomic E-state index is 13.0. The topological polar surface area (TPSA) is 15.3 Å². The predicted octanol–water partition coefficient (Wildman–Crippen LogP) is 3.57. The Kier molecular flexibility index (Phi) is 4.25. The minimum Gasteiger partial charge on any atom is -0.373 e. The van der Waals surface area contributed by atoms with Gasteiger partial charge in [0, 0.05) is 31.4 Å². The number of likely N-dealkylation sites (N-methyl/N-ethyl adjacent to an activating group) is 1. The summed E-state index contributed by atoms with van der Waals surface area (Å²) in [5, 5.41) is 3.85. The van der Waals surface area contributed by atoms with Crippen molar-refractivity contribution in [1.82, 2.24) is 5.32 Å². The van der Waals surface area contributed by atoms with Gasteiger partial charge in [-0.15, -0.1) is 0 Å². The molecule has 1 saturated carbocycles. The summed E-state index contributed by atoms with van der Waals surface area (Å²) in [6.07, 6.45) is 8.21. The first-order valence-corrected chi connectivity index (χ1v) is 7.95. The highest BCUT2D eigenvalue weighted by molar-refractivity contribution is 5.45. The molecule has 2 nitrogen and oxygen atoms in total. The van der Waals surface area contributed by atoms with Crippen LogP contribution in [0.3, 0.4) is 0 Å². The summed E-state index contributed by atoms with van der Waals surface area (Å²) in [5.41, 5.74) is 1.10. The lowest BCUT2D eigenvalue weighted by molar-refractivity contribution is 0.178. The largest absolute Gasteiger partial charge is 0.373 e. The molecule has 0 spiro atoms. The third-order valence-electron chi connectivity index (χ3n) is 5.01. The Morgan fingerprint density at radius 1 is 1.10 bits per heavy atom. The number of benzene rings is 1. The van der Waals surface area contributed by atoms with Crippen LogP contribution < -0.4 is 10.2 Å². The van der Waals surface area contributed by atoms with E-state index >= 15 is 0 Å². The highest BCUT2D eigenvalue weighted by atomic mass is 19.1. The van der Waals surface area contributed by atoms with E-state index in [1.165, 1.54) is 50.7 Å². The second-order valence-electron chi connectivity index (χ2n) is 6.45. The van der Waals surface area contributed by atoms with E-state index in [2.05, 4.69) is 17.3 Å². The lowest BCUT2D eigenvalue weighted by atomic mass is 9.78. The molecule has 1 heterocycles. The Bertz CT molecular complexity index is 431. The zero-order chi connectivity index (χ0) is 13.9. The fourth-order valence-corrected chi connectivity index (χ4v) is 3.85. The molecule has 3 heteroatoms. The second-order valence-corrected chi connectivity index (χ2v) is 6.45. The van der Waals surface area contributed by atoms with Gasteiger partial charge in [0.2, 0.25) is 0 Å². The first-order valence-electron chi connectivity index (χ1n) is 7.95. The van der Waals surface area contributed by atoms with Crippen LogP contribution in [0, 0.1) is 11.7 Å². The van der Waals surface area contributed by atoms with Gasteiger partial charge in [0.25, 0.3) is 0 Å². The molecule has 3 atom stereocenters. The summed E-state index contributed by atoms with van der Waals surface area (Å²) < 4.78 is 13.0. The minimum absolute atomic E-state index is 0.164. The van der Waals surface area contributed by atoms with Gasteiger partial charge in [-0.3, -0.25) is 0 Å². The summed E-state index contributed by atoms with van der Waals surface area (Å²) in [5.74, 6) is 0.749. The Hall–Kier alpha value is -1.09. The van der Waals surface area contributed by atoms with Crippen molar-refractivity contribution in [3.63, 3.8) is 0 Å². The number of halogens is 1. The molecule has 1 saturated heterocycles. The molecular formula is C17H25FN2. The summed E-state index contributed by atoms with van der Waals surface area (Å²) >= 11 is 0. The van der Waals surface area contributed by atoms with Crippen LogP contribution in [0.2, 0.25) is 0 Å². The highest BCUT2D eigenvalue weighted by Crippen LogP contribution is 2.32. The van der Waals surface area contributed by atoms with E-state index in [1.54, 1.807) is 0 Å². The lowest BCUT2D eigenvalue weighted by Gasteiger charge is -2.41. The molecule has 0 aromatic heterocycles. The van der Waals surface area contributed by atoms with Crippen LogP contribution in [0.15, 0.2) is 24.3 Å². The number of hydrogen-bond donors (Lipinski definition) is 1. The summed E-state index contributed by atoms with van der Waals surface area (Å²) in [6.45, 7) is 1.01. The fraction of sp³-hybridized carbons (Fsp3) is 0.647. The van der Waals surface area contributed by atoms with Crippen LogP contribution in [0.1, 0.15) is 38.5 Å². The van der Waals surface area contributed by atoms with E-state index in [0.29, 0.717) is 6.04 Å². The van der Waals surface area contributed by atoms with E-state index < -0.39 is 0 Å². The van der Waals surface area contributed by atoms with Crippen LogP contribution in [-0.2, 0) is 0 Å². The molecule has 2 aliphatic rings. The van der Waals surface area contributed by atoms with Gasteiger partial charge in [0.15, 0.2) is 0 Å². The number of anilines is 1. The van der Waals surface area contributed by atoms with Crippen molar-refractivity contribution in [2.75, 3.05) is 18.5 Å². The number of nitrogens with one attached hydrogen (secondary N) is 1. The van der Waals surface area contributed by atoms with E-state index in [-0.39, 0.29) is 5.82 Å². The van der Waals surface area contributed by atoms with Gasteiger partial charge >= 0.3 is 0 Å². The van der Waals surface area contributed by atoms with Gasteiger partial charge in [-0.1, -0.05) is 12.8 Å². The molecule has 1 aromatic carbocycles. The fourth-order valence-electron chi connectivity index (χ4n) is 3.85. The van der Waals surface area contributed by atoms with Crippen molar-refractivity contribution in [3.8, 4) is 0 Å². The molecule has 0 radical (unpaired) electrons. The SMILES string of the molecule is CN(CC1CCC2CCCCC2N1)c1ccc(F)cc1. The van der Waals surface area contributed by atoms with Gasteiger partial charge in [-0.05, 0) is 55.9 Å². The average molecular weight is 276 g/mol. The van der Waals surface area contributed by atoms with Crippen molar-refractivity contribution < 1.29 is 4.39 Å². The molecule has 20 heavy (non-hydrogen) atoms. The minimum atomic E-state index is -0.164. The molecular weight excluding hydrogens is 251 g/mol. The lowest BCUT2D eigenvalue weighted by Crippen LogP contribution is -2.52. The smallest absolute Gasteiger partial charge is 0.123 e. The third kappa shape index (κ3) is 3.14. The van der Waals surface area contributed by atoms with E-state index in [4.69, 9.17) is 0 Å².